The normalized spacial score (nSPS) is 15.3. The molecule has 4 rings (SSSR count). The third-order valence-electron chi connectivity index (χ3n) is 5.24. The van der Waals surface area contributed by atoms with Crippen LogP contribution in [0.5, 0.6) is 0 Å². The highest BCUT2D eigenvalue weighted by Gasteiger charge is 2.27. The van der Waals surface area contributed by atoms with Crippen molar-refractivity contribution < 1.29 is 26.7 Å². The first-order valence-electron chi connectivity index (χ1n) is 9.66. The second-order valence-corrected chi connectivity index (χ2v) is 7.68. The van der Waals surface area contributed by atoms with Crippen molar-refractivity contribution in [2.24, 2.45) is 0 Å². The van der Waals surface area contributed by atoms with E-state index in [2.05, 4.69) is 10.1 Å². The van der Waals surface area contributed by atoms with E-state index >= 15 is 0 Å². The number of fused-ring (bicyclic) bond motifs is 1. The highest BCUT2D eigenvalue weighted by Crippen LogP contribution is 2.26. The predicted octanol–water partition coefficient (Wildman–Crippen LogP) is 4.36. The van der Waals surface area contributed by atoms with Gasteiger partial charge in [0.1, 0.15) is 17.2 Å². The molecule has 0 unspecified atom stereocenters. The minimum absolute atomic E-state index is 0.170. The lowest BCUT2D eigenvalue weighted by atomic mass is 10.1. The van der Waals surface area contributed by atoms with E-state index in [4.69, 9.17) is 11.6 Å². The van der Waals surface area contributed by atoms with Crippen molar-refractivity contribution in [2.75, 3.05) is 26.2 Å². The quantitative estimate of drug-likeness (QED) is 0.517. The Morgan fingerprint density at radius 1 is 1.06 bits per heavy atom. The summed E-state index contributed by atoms with van der Waals surface area (Å²) in [6, 6.07) is 6.14. The lowest BCUT2D eigenvalue weighted by molar-refractivity contribution is 0.0620. The number of halogens is 6. The number of piperazine rings is 1. The molecule has 12 heteroatoms. The van der Waals surface area contributed by atoms with Crippen molar-refractivity contribution in [3.8, 4) is 0 Å². The zero-order valence-corrected chi connectivity index (χ0v) is 17.2. The Balaban J connectivity index is 1.49. The molecule has 6 nitrogen and oxygen atoms in total. The summed E-state index contributed by atoms with van der Waals surface area (Å²) in [6.07, 6.45) is -6.11. The third-order valence-corrected chi connectivity index (χ3v) is 5.60. The first kappa shape index (κ1) is 22.4. The molecule has 32 heavy (non-hydrogen) atoms. The van der Waals surface area contributed by atoms with Crippen LogP contribution in [0, 0.1) is 5.82 Å². The molecule has 1 aliphatic heterocycles. The summed E-state index contributed by atoms with van der Waals surface area (Å²) in [5, 5.41) is 4.20. The van der Waals surface area contributed by atoms with E-state index in [9.17, 15) is 26.7 Å². The van der Waals surface area contributed by atoms with Gasteiger partial charge in [0.15, 0.2) is 11.3 Å². The lowest BCUT2D eigenvalue weighted by Crippen LogP contribution is -2.48. The van der Waals surface area contributed by atoms with Crippen molar-refractivity contribution in [3.05, 3.63) is 63.8 Å². The number of benzene rings is 1. The van der Waals surface area contributed by atoms with E-state index in [1.807, 2.05) is 4.90 Å². The number of aromatic nitrogens is 3. The van der Waals surface area contributed by atoms with Crippen LogP contribution in [0.4, 0.5) is 22.0 Å². The maximum Gasteiger partial charge on any atom is 0.280 e. The van der Waals surface area contributed by atoms with Gasteiger partial charge in [-0.15, -0.1) is 0 Å². The van der Waals surface area contributed by atoms with Crippen LogP contribution in [-0.4, -0.2) is 56.5 Å². The first-order valence-corrected chi connectivity index (χ1v) is 10.0. The molecule has 2 aromatic heterocycles. The standard InChI is InChI=1S/C20H17ClF5N5O/c21-12-2-1-3-13(22)11(12)10-29-4-6-30(7-5-29)20(32)15-9-17-27-14(18(23)24)8-16(19(25)26)31(17)28-15/h1-3,8-9,18-19H,4-7,10H2. The van der Waals surface area contributed by atoms with Gasteiger partial charge in [-0.25, -0.2) is 31.5 Å². The van der Waals surface area contributed by atoms with E-state index in [0.717, 1.165) is 6.07 Å². The van der Waals surface area contributed by atoms with Crippen molar-refractivity contribution in [1.29, 1.82) is 0 Å². The van der Waals surface area contributed by atoms with Gasteiger partial charge in [-0.05, 0) is 18.2 Å². The molecule has 0 bridgehead atoms. The van der Waals surface area contributed by atoms with Gasteiger partial charge in [-0.1, -0.05) is 17.7 Å². The van der Waals surface area contributed by atoms with Gasteiger partial charge >= 0.3 is 0 Å². The number of hydrogen-bond acceptors (Lipinski definition) is 4. The van der Waals surface area contributed by atoms with Gasteiger partial charge in [-0.3, -0.25) is 9.69 Å². The predicted molar refractivity (Wildman–Crippen MR) is 105 cm³/mol. The number of alkyl halides is 4. The summed E-state index contributed by atoms with van der Waals surface area (Å²) in [7, 11) is 0. The van der Waals surface area contributed by atoms with Crippen molar-refractivity contribution >= 4 is 23.2 Å². The van der Waals surface area contributed by atoms with E-state index < -0.39 is 36.0 Å². The maximum absolute atomic E-state index is 14.0. The van der Waals surface area contributed by atoms with Crippen LogP contribution in [-0.2, 0) is 6.54 Å². The monoisotopic (exact) mass is 473 g/mol. The van der Waals surface area contributed by atoms with Crippen LogP contribution in [0.2, 0.25) is 5.02 Å². The molecular weight excluding hydrogens is 457 g/mol. The number of amides is 1. The number of hydrogen-bond donors (Lipinski definition) is 0. The van der Waals surface area contributed by atoms with Gasteiger partial charge in [-0.2, -0.15) is 5.10 Å². The van der Waals surface area contributed by atoms with Gasteiger partial charge in [0, 0.05) is 49.4 Å². The lowest BCUT2D eigenvalue weighted by Gasteiger charge is -2.34. The average Bonchev–Trinajstić information content (AvgIpc) is 3.19. The number of carbonyl (C=O) groups excluding carboxylic acids is 1. The molecule has 1 fully saturated rings. The minimum atomic E-state index is -3.07. The molecular formula is C20H17ClF5N5O. The minimum Gasteiger partial charge on any atom is -0.335 e. The Morgan fingerprint density at radius 2 is 1.78 bits per heavy atom. The Labute approximate surface area is 184 Å². The SMILES string of the molecule is O=C(c1cc2nc(C(F)F)cc(C(F)F)n2n1)N1CCN(Cc2c(F)cccc2Cl)CC1. The molecule has 0 spiro atoms. The van der Waals surface area contributed by atoms with Crippen molar-refractivity contribution in [1.82, 2.24) is 24.4 Å². The smallest absolute Gasteiger partial charge is 0.280 e. The second-order valence-electron chi connectivity index (χ2n) is 7.28. The molecule has 1 aromatic carbocycles. The van der Waals surface area contributed by atoms with E-state index in [0.29, 0.717) is 34.3 Å². The summed E-state index contributed by atoms with van der Waals surface area (Å²) < 4.78 is 67.3. The van der Waals surface area contributed by atoms with Crippen LogP contribution in [0.1, 0.15) is 40.3 Å². The second kappa shape index (κ2) is 8.99. The van der Waals surface area contributed by atoms with Crippen LogP contribution < -0.4 is 0 Å². The van der Waals surface area contributed by atoms with Gasteiger partial charge in [0.05, 0.1) is 0 Å². The Bertz CT molecular complexity index is 1130. The molecule has 1 aliphatic rings. The van der Waals surface area contributed by atoms with E-state index in [1.54, 1.807) is 6.07 Å². The zero-order chi connectivity index (χ0) is 23.0. The fraction of sp³-hybridized carbons (Fsp3) is 0.350. The van der Waals surface area contributed by atoms with Crippen LogP contribution >= 0.6 is 11.6 Å². The van der Waals surface area contributed by atoms with Crippen molar-refractivity contribution in [2.45, 2.75) is 19.4 Å². The third kappa shape index (κ3) is 4.40. The fourth-order valence-electron chi connectivity index (χ4n) is 3.57. The van der Waals surface area contributed by atoms with E-state index in [1.165, 1.54) is 17.0 Å². The highest BCUT2D eigenvalue weighted by molar-refractivity contribution is 6.31. The van der Waals surface area contributed by atoms with Gasteiger partial charge < -0.3 is 4.90 Å². The molecule has 0 N–H and O–H groups in total. The van der Waals surface area contributed by atoms with Crippen LogP contribution in [0.3, 0.4) is 0 Å². The van der Waals surface area contributed by atoms with Crippen LogP contribution in [0.15, 0.2) is 30.3 Å². The summed E-state index contributed by atoms with van der Waals surface area (Å²) in [4.78, 5) is 19.9. The van der Waals surface area contributed by atoms with Crippen LogP contribution in [0.25, 0.3) is 5.65 Å². The topological polar surface area (TPSA) is 53.7 Å². The summed E-state index contributed by atoms with van der Waals surface area (Å²) >= 11 is 6.06. The number of carbonyl (C=O) groups is 1. The van der Waals surface area contributed by atoms with Gasteiger partial charge in [0.2, 0.25) is 0 Å². The molecule has 1 saturated heterocycles. The molecule has 170 valence electrons. The first-order chi connectivity index (χ1) is 15.2. The molecule has 1 amide bonds. The average molecular weight is 474 g/mol. The highest BCUT2D eigenvalue weighted by atomic mass is 35.5. The molecule has 3 aromatic rings. The Hall–Kier alpha value is -2.79. The number of nitrogens with zero attached hydrogens (tertiary/aromatic N) is 5. The summed E-state index contributed by atoms with van der Waals surface area (Å²) in [5.74, 6) is -0.941. The summed E-state index contributed by atoms with van der Waals surface area (Å²) in [5.41, 5.74) is -1.64. The number of rotatable bonds is 5. The van der Waals surface area contributed by atoms with E-state index in [-0.39, 0.29) is 31.0 Å². The molecule has 0 saturated carbocycles. The molecule has 0 radical (unpaired) electrons. The maximum atomic E-state index is 14.0. The van der Waals surface area contributed by atoms with Gasteiger partial charge in [0.25, 0.3) is 18.8 Å². The molecule has 3 heterocycles. The fourth-order valence-corrected chi connectivity index (χ4v) is 3.79. The Kier molecular flexibility index (Phi) is 6.29. The largest absolute Gasteiger partial charge is 0.335 e. The molecule has 0 atom stereocenters. The van der Waals surface area contributed by atoms with Crippen molar-refractivity contribution in [3.63, 3.8) is 0 Å². The zero-order valence-electron chi connectivity index (χ0n) is 16.5. The summed E-state index contributed by atoms with van der Waals surface area (Å²) in [6.45, 7) is 1.71. The molecule has 0 aliphatic carbocycles. The Morgan fingerprint density at radius 3 is 2.41 bits per heavy atom.